The first-order valence-electron chi connectivity index (χ1n) is 9.63. The molecule has 2 aromatic rings. The maximum absolute atomic E-state index is 16.4. The first kappa shape index (κ1) is 17.8. The lowest BCUT2D eigenvalue weighted by molar-refractivity contribution is 0.0625. The fourth-order valence-electron chi connectivity index (χ4n) is 4.72. The smallest absolute Gasteiger partial charge is 0.153 e. The Morgan fingerprint density at radius 2 is 1.74 bits per heavy atom. The molecule has 4 rings (SSSR count). The Balaban J connectivity index is 2.00. The number of amidine groups is 1. The number of rotatable bonds is 2. The normalized spacial score (nSPS) is 30.0. The van der Waals surface area contributed by atoms with Gasteiger partial charge in [0.15, 0.2) is 5.84 Å². The molecular weight excluding hydrogens is 337 g/mol. The molecule has 140 valence electrons. The number of para-hydroxylation sites is 2. The number of aliphatic imine (C=N–C) groups is 1. The van der Waals surface area contributed by atoms with Crippen molar-refractivity contribution in [1.82, 2.24) is 0 Å². The van der Waals surface area contributed by atoms with Crippen LogP contribution < -0.4 is 9.80 Å². The monoisotopic (exact) mass is 363 g/mol. The molecule has 0 amide bonds. The van der Waals surface area contributed by atoms with Crippen LogP contribution in [0.15, 0.2) is 71.4 Å². The number of fused-ring (bicyclic) bond motifs is 3. The van der Waals surface area contributed by atoms with Crippen molar-refractivity contribution in [2.24, 2.45) is 10.9 Å². The Hall–Kier alpha value is -2.62. The minimum absolute atomic E-state index is 0.155. The summed E-state index contributed by atoms with van der Waals surface area (Å²) in [5.41, 5.74) is 2.39. The average Bonchev–Trinajstić information content (AvgIpc) is 3.07. The van der Waals surface area contributed by atoms with Gasteiger partial charge in [0.1, 0.15) is 11.8 Å². The molecule has 3 atom stereocenters. The summed E-state index contributed by atoms with van der Waals surface area (Å²) in [6, 6.07) is 18.1. The number of hydrogen-bond acceptors (Lipinski definition) is 2. The highest BCUT2D eigenvalue weighted by Crippen LogP contribution is 2.53. The van der Waals surface area contributed by atoms with Crippen LogP contribution in [-0.4, -0.2) is 19.0 Å². The SMILES string of the molecule is C/C=C1\C(=N/C)N2c3ccccc3C(F)(CC)C(C)C2N1c1ccccc1. The van der Waals surface area contributed by atoms with E-state index in [1.807, 2.05) is 70.3 Å². The molecular formula is C23H26FN3. The quantitative estimate of drug-likeness (QED) is 0.702. The summed E-state index contributed by atoms with van der Waals surface area (Å²) in [7, 11) is 1.81. The van der Waals surface area contributed by atoms with Gasteiger partial charge in [-0.05, 0) is 31.5 Å². The lowest BCUT2D eigenvalue weighted by Crippen LogP contribution is -2.55. The van der Waals surface area contributed by atoms with Crippen molar-refractivity contribution in [2.45, 2.75) is 39.0 Å². The van der Waals surface area contributed by atoms with E-state index in [9.17, 15) is 0 Å². The molecule has 2 aliphatic rings. The zero-order valence-corrected chi connectivity index (χ0v) is 16.4. The van der Waals surface area contributed by atoms with Gasteiger partial charge < -0.3 is 9.80 Å². The van der Waals surface area contributed by atoms with Crippen molar-refractivity contribution in [2.75, 3.05) is 16.8 Å². The summed E-state index contributed by atoms with van der Waals surface area (Å²) in [4.78, 5) is 9.08. The van der Waals surface area contributed by atoms with Crippen LogP contribution >= 0.6 is 0 Å². The molecule has 4 heteroatoms. The molecule has 2 aliphatic heterocycles. The molecule has 0 radical (unpaired) electrons. The van der Waals surface area contributed by atoms with Gasteiger partial charge in [0.25, 0.3) is 0 Å². The molecule has 0 bridgehead atoms. The number of alkyl halides is 1. The van der Waals surface area contributed by atoms with Gasteiger partial charge in [0.2, 0.25) is 0 Å². The van der Waals surface area contributed by atoms with Crippen molar-refractivity contribution in [3.8, 4) is 0 Å². The third-order valence-corrected chi connectivity index (χ3v) is 6.06. The molecule has 3 nitrogen and oxygen atoms in total. The van der Waals surface area contributed by atoms with Crippen LogP contribution in [0, 0.1) is 5.92 Å². The number of benzene rings is 2. The van der Waals surface area contributed by atoms with Gasteiger partial charge in [-0.15, -0.1) is 0 Å². The van der Waals surface area contributed by atoms with E-state index in [0.717, 1.165) is 28.5 Å². The molecule has 1 saturated heterocycles. The van der Waals surface area contributed by atoms with Crippen LogP contribution in [0.2, 0.25) is 0 Å². The fraction of sp³-hybridized carbons (Fsp3) is 0.348. The molecule has 0 saturated carbocycles. The van der Waals surface area contributed by atoms with E-state index in [2.05, 4.69) is 33.0 Å². The van der Waals surface area contributed by atoms with Crippen molar-refractivity contribution < 1.29 is 4.39 Å². The van der Waals surface area contributed by atoms with Crippen molar-refractivity contribution >= 4 is 17.2 Å². The highest BCUT2D eigenvalue weighted by Gasteiger charge is 2.56. The van der Waals surface area contributed by atoms with Crippen molar-refractivity contribution in [1.29, 1.82) is 0 Å². The average molecular weight is 363 g/mol. The summed E-state index contributed by atoms with van der Waals surface area (Å²) in [5, 5.41) is 0. The summed E-state index contributed by atoms with van der Waals surface area (Å²) >= 11 is 0. The molecule has 0 N–H and O–H groups in total. The van der Waals surface area contributed by atoms with Crippen LogP contribution in [-0.2, 0) is 5.67 Å². The molecule has 1 fully saturated rings. The highest BCUT2D eigenvalue weighted by molar-refractivity contribution is 6.16. The fourth-order valence-corrected chi connectivity index (χ4v) is 4.72. The lowest BCUT2D eigenvalue weighted by Gasteiger charge is -2.47. The molecule has 2 aromatic carbocycles. The second-order valence-corrected chi connectivity index (χ2v) is 7.23. The largest absolute Gasteiger partial charge is 0.317 e. The Labute approximate surface area is 160 Å². The van der Waals surface area contributed by atoms with Crippen LogP contribution in [0.25, 0.3) is 0 Å². The van der Waals surface area contributed by atoms with Crippen LogP contribution in [0.4, 0.5) is 15.8 Å². The third kappa shape index (κ3) is 2.35. The molecule has 2 heterocycles. The molecule has 0 aromatic heterocycles. The highest BCUT2D eigenvalue weighted by atomic mass is 19.1. The van der Waals surface area contributed by atoms with E-state index in [4.69, 9.17) is 0 Å². The first-order chi connectivity index (χ1) is 13.1. The van der Waals surface area contributed by atoms with E-state index in [-0.39, 0.29) is 12.1 Å². The first-order valence-corrected chi connectivity index (χ1v) is 9.63. The van der Waals surface area contributed by atoms with Crippen molar-refractivity contribution in [3.05, 3.63) is 71.9 Å². The molecule has 0 spiro atoms. The summed E-state index contributed by atoms with van der Waals surface area (Å²) in [6.45, 7) is 5.99. The Kier molecular flexibility index (Phi) is 4.29. The predicted octanol–water partition coefficient (Wildman–Crippen LogP) is 5.50. The predicted molar refractivity (Wildman–Crippen MR) is 111 cm³/mol. The lowest BCUT2D eigenvalue weighted by atomic mass is 9.75. The van der Waals surface area contributed by atoms with Gasteiger partial charge in [-0.1, -0.05) is 56.3 Å². The molecule has 3 unspecified atom stereocenters. The number of allylic oxidation sites excluding steroid dienone is 1. The van der Waals surface area contributed by atoms with Crippen LogP contribution in [0.3, 0.4) is 0 Å². The van der Waals surface area contributed by atoms with E-state index in [1.54, 1.807) is 0 Å². The van der Waals surface area contributed by atoms with Gasteiger partial charge in [-0.25, -0.2) is 4.39 Å². The topological polar surface area (TPSA) is 18.8 Å². The maximum Gasteiger partial charge on any atom is 0.153 e. The zero-order chi connectivity index (χ0) is 19.2. The Bertz CT molecular complexity index is 905. The minimum Gasteiger partial charge on any atom is -0.317 e. The number of nitrogens with zero attached hydrogens (tertiary/aromatic N) is 3. The van der Waals surface area contributed by atoms with Gasteiger partial charge >= 0.3 is 0 Å². The van der Waals surface area contributed by atoms with Crippen LogP contribution in [0.5, 0.6) is 0 Å². The van der Waals surface area contributed by atoms with E-state index in [1.165, 1.54) is 0 Å². The number of halogens is 1. The summed E-state index contributed by atoms with van der Waals surface area (Å²) < 4.78 is 16.4. The molecule has 0 aliphatic carbocycles. The van der Waals surface area contributed by atoms with Gasteiger partial charge in [0.05, 0.1) is 11.4 Å². The van der Waals surface area contributed by atoms with E-state index < -0.39 is 5.67 Å². The third-order valence-electron chi connectivity index (χ3n) is 6.06. The summed E-state index contributed by atoms with van der Waals surface area (Å²) in [5.74, 6) is 0.663. The zero-order valence-electron chi connectivity index (χ0n) is 16.4. The summed E-state index contributed by atoms with van der Waals surface area (Å²) in [6.07, 6.45) is 2.37. The van der Waals surface area contributed by atoms with Gasteiger partial charge in [-0.3, -0.25) is 4.99 Å². The second-order valence-electron chi connectivity index (χ2n) is 7.23. The Morgan fingerprint density at radius 3 is 2.37 bits per heavy atom. The van der Waals surface area contributed by atoms with Gasteiger partial charge in [-0.2, -0.15) is 0 Å². The van der Waals surface area contributed by atoms with Crippen LogP contribution in [0.1, 0.15) is 32.8 Å². The minimum atomic E-state index is -1.38. The standard InChI is InChI=1S/C23H26FN3/c1-5-19-21(25-4)27-20-15-11-10-14-18(20)23(24,6-2)16(3)22(27)26(19)17-12-8-7-9-13-17/h5,7-16,22H,6H2,1-4H3/b19-5+,25-21+. The van der Waals surface area contributed by atoms with Gasteiger partial charge in [0, 0.05) is 24.2 Å². The second kappa shape index (κ2) is 6.52. The van der Waals surface area contributed by atoms with Crippen molar-refractivity contribution in [3.63, 3.8) is 0 Å². The Morgan fingerprint density at radius 1 is 1.07 bits per heavy atom. The number of hydrogen-bond donors (Lipinski definition) is 0. The number of anilines is 2. The molecule has 27 heavy (non-hydrogen) atoms. The van der Waals surface area contributed by atoms with E-state index >= 15 is 4.39 Å². The van der Waals surface area contributed by atoms with E-state index in [0.29, 0.717) is 6.42 Å². The maximum atomic E-state index is 16.4.